The third kappa shape index (κ3) is 3.65. The first-order valence-electron chi connectivity index (χ1n) is 10.3. The summed E-state index contributed by atoms with van der Waals surface area (Å²) in [4.78, 5) is 20.7. The summed E-state index contributed by atoms with van der Waals surface area (Å²) in [7, 11) is 4.82. The van der Waals surface area contributed by atoms with Crippen LogP contribution in [0.15, 0.2) is 42.6 Å². The number of esters is 1. The van der Waals surface area contributed by atoms with Gasteiger partial charge in [0.05, 0.1) is 44.2 Å². The van der Waals surface area contributed by atoms with Gasteiger partial charge in [0.1, 0.15) is 0 Å². The second kappa shape index (κ2) is 8.88. The quantitative estimate of drug-likeness (QED) is 0.407. The largest absolute Gasteiger partial charge is 0.493 e. The van der Waals surface area contributed by atoms with Crippen molar-refractivity contribution in [3.05, 3.63) is 53.9 Å². The number of hydrogen-bond acceptors (Lipinski definition) is 6. The molecule has 0 atom stereocenters. The number of aromatic amines is 1. The van der Waals surface area contributed by atoms with E-state index in [-0.39, 0.29) is 18.4 Å². The first-order valence-corrected chi connectivity index (χ1v) is 10.3. The molecule has 0 radical (unpaired) electrons. The molecule has 0 saturated heterocycles. The summed E-state index contributed by atoms with van der Waals surface area (Å²) < 4.78 is 22.4. The first kappa shape index (κ1) is 21.6. The highest BCUT2D eigenvalue weighted by atomic mass is 16.5. The van der Waals surface area contributed by atoms with Gasteiger partial charge in [0.25, 0.3) is 0 Å². The van der Waals surface area contributed by atoms with E-state index in [0.29, 0.717) is 17.1 Å². The van der Waals surface area contributed by atoms with E-state index in [1.165, 1.54) is 0 Å². The summed E-state index contributed by atoms with van der Waals surface area (Å²) in [5, 5.41) is 1.74. The van der Waals surface area contributed by atoms with E-state index in [4.69, 9.17) is 18.9 Å². The van der Waals surface area contributed by atoms with Crippen LogP contribution in [0.1, 0.15) is 29.9 Å². The molecule has 0 unspecified atom stereocenters. The topological polar surface area (TPSA) is 82.7 Å². The predicted molar refractivity (Wildman–Crippen MR) is 123 cm³/mol. The van der Waals surface area contributed by atoms with E-state index in [2.05, 4.69) is 9.97 Å². The van der Waals surface area contributed by atoms with Crippen molar-refractivity contribution < 1.29 is 23.7 Å². The fraction of sp³-hybridized carbons (Fsp3) is 0.280. The highest BCUT2D eigenvalue weighted by molar-refractivity contribution is 6.18. The summed E-state index contributed by atoms with van der Waals surface area (Å²) in [5.41, 5.74) is 4.33. The summed E-state index contributed by atoms with van der Waals surface area (Å²) in [5.74, 6) is 0.731. The lowest BCUT2D eigenvalue weighted by Crippen LogP contribution is -2.15. The Morgan fingerprint density at radius 2 is 1.78 bits per heavy atom. The second-order valence-electron chi connectivity index (χ2n) is 7.66. The number of aromatic nitrogens is 2. The highest BCUT2D eigenvalue weighted by Gasteiger charge is 2.25. The normalized spacial score (nSPS) is 11.3. The monoisotopic (exact) mass is 434 g/mol. The fourth-order valence-electron chi connectivity index (χ4n) is 4.04. The van der Waals surface area contributed by atoms with E-state index < -0.39 is 5.97 Å². The Hall–Kier alpha value is -3.58. The first-order chi connectivity index (χ1) is 15.5. The van der Waals surface area contributed by atoms with Crippen LogP contribution in [0.4, 0.5) is 0 Å². The average Bonchev–Trinajstić information content (AvgIpc) is 3.16. The maximum atomic E-state index is 12.8. The van der Waals surface area contributed by atoms with Gasteiger partial charge in [0.15, 0.2) is 17.2 Å². The smallest absolute Gasteiger partial charge is 0.357 e. The molecule has 0 aliphatic carbocycles. The van der Waals surface area contributed by atoms with Gasteiger partial charge in [-0.1, -0.05) is 30.3 Å². The third-order valence-electron chi connectivity index (χ3n) is 5.26. The van der Waals surface area contributed by atoms with Crippen LogP contribution in [0, 0.1) is 0 Å². The van der Waals surface area contributed by atoms with Gasteiger partial charge in [-0.3, -0.25) is 0 Å². The minimum absolute atomic E-state index is 0.197. The molecule has 7 heteroatoms. The molecular weight excluding hydrogens is 408 g/mol. The van der Waals surface area contributed by atoms with E-state index in [1.54, 1.807) is 27.5 Å². The number of rotatable bonds is 7. The number of pyridine rings is 1. The van der Waals surface area contributed by atoms with Crippen molar-refractivity contribution in [1.82, 2.24) is 9.97 Å². The third-order valence-corrected chi connectivity index (χ3v) is 5.26. The maximum Gasteiger partial charge on any atom is 0.357 e. The minimum Gasteiger partial charge on any atom is -0.493 e. The Morgan fingerprint density at radius 3 is 2.41 bits per heavy atom. The zero-order valence-electron chi connectivity index (χ0n) is 18.8. The predicted octanol–water partition coefficient (Wildman–Crippen LogP) is 5.11. The molecule has 0 bridgehead atoms. The molecular formula is C25H26N2O5. The molecule has 2 heterocycles. The van der Waals surface area contributed by atoms with Gasteiger partial charge in [-0.25, -0.2) is 9.78 Å². The van der Waals surface area contributed by atoms with E-state index in [0.717, 1.165) is 32.9 Å². The minimum atomic E-state index is -0.481. The van der Waals surface area contributed by atoms with Gasteiger partial charge >= 0.3 is 5.97 Å². The van der Waals surface area contributed by atoms with Gasteiger partial charge in [0, 0.05) is 35.1 Å². The molecule has 4 aromatic rings. The Kier molecular flexibility index (Phi) is 6.01. The van der Waals surface area contributed by atoms with Crippen molar-refractivity contribution in [1.29, 1.82) is 0 Å². The van der Waals surface area contributed by atoms with Crippen molar-refractivity contribution in [3.63, 3.8) is 0 Å². The molecule has 0 aliphatic rings. The van der Waals surface area contributed by atoms with Crippen LogP contribution in [-0.4, -0.2) is 43.4 Å². The number of methoxy groups -OCH3 is 3. The van der Waals surface area contributed by atoms with E-state index in [9.17, 15) is 4.79 Å². The van der Waals surface area contributed by atoms with Crippen molar-refractivity contribution in [2.45, 2.75) is 26.6 Å². The van der Waals surface area contributed by atoms with E-state index in [1.807, 2.05) is 50.2 Å². The number of benzene rings is 2. The number of hydrogen-bond donors (Lipinski definition) is 1. The number of nitrogens with zero attached hydrogens (tertiary/aromatic N) is 1. The van der Waals surface area contributed by atoms with Crippen LogP contribution in [0.2, 0.25) is 0 Å². The Bertz CT molecular complexity index is 1280. The summed E-state index contributed by atoms with van der Waals surface area (Å²) in [6.45, 7) is 3.81. The SMILES string of the molecule is COCc1c(C(=O)OC(C)C)ncc2[nH]c3cc(OC)c(OC)c(-c4ccccc4)c3c12. The maximum absolute atomic E-state index is 12.8. The lowest BCUT2D eigenvalue weighted by atomic mass is 9.95. The molecule has 2 aromatic heterocycles. The molecule has 0 fully saturated rings. The summed E-state index contributed by atoms with van der Waals surface area (Å²) in [6, 6.07) is 11.8. The molecule has 0 spiro atoms. The van der Waals surface area contributed by atoms with Crippen LogP contribution < -0.4 is 9.47 Å². The number of carbonyl (C=O) groups is 1. The van der Waals surface area contributed by atoms with Gasteiger partial charge in [-0.15, -0.1) is 0 Å². The zero-order valence-corrected chi connectivity index (χ0v) is 18.8. The Morgan fingerprint density at radius 1 is 1.03 bits per heavy atom. The van der Waals surface area contributed by atoms with Crippen LogP contribution in [0.3, 0.4) is 0 Å². The number of nitrogens with one attached hydrogen (secondary N) is 1. The van der Waals surface area contributed by atoms with Gasteiger partial charge in [-0.05, 0) is 19.4 Å². The zero-order chi connectivity index (χ0) is 22.8. The van der Waals surface area contributed by atoms with Gasteiger partial charge in [-0.2, -0.15) is 0 Å². The Balaban J connectivity index is 2.16. The lowest BCUT2D eigenvalue weighted by molar-refractivity contribution is 0.0366. The average molecular weight is 434 g/mol. The number of H-pyrrole nitrogens is 1. The highest BCUT2D eigenvalue weighted by Crippen LogP contribution is 2.47. The number of fused-ring (bicyclic) bond motifs is 3. The standard InChI is InChI=1S/C25H26N2O5/c1-14(2)32-25(28)23-16(13-29-3)21-18(12-26-23)27-17-11-19(30-4)24(31-5)20(22(17)21)15-9-7-6-8-10-15/h6-12,14,27H,13H2,1-5H3. The van der Waals surface area contributed by atoms with Crippen LogP contribution in [0.25, 0.3) is 32.9 Å². The summed E-state index contributed by atoms with van der Waals surface area (Å²) in [6.07, 6.45) is 1.39. The molecule has 0 saturated carbocycles. The molecule has 7 nitrogen and oxygen atoms in total. The van der Waals surface area contributed by atoms with Crippen molar-refractivity contribution >= 4 is 27.8 Å². The van der Waals surface area contributed by atoms with Gasteiger partial charge < -0.3 is 23.9 Å². The molecule has 0 aliphatic heterocycles. The summed E-state index contributed by atoms with van der Waals surface area (Å²) >= 11 is 0. The van der Waals surface area contributed by atoms with Crippen molar-refractivity contribution in [2.24, 2.45) is 0 Å². The van der Waals surface area contributed by atoms with Crippen LogP contribution >= 0.6 is 0 Å². The van der Waals surface area contributed by atoms with E-state index >= 15 is 0 Å². The van der Waals surface area contributed by atoms with Crippen molar-refractivity contribution in [2.75, 3.05) is 21.3 Å². The fourth-order valence-corrected chi connectivity index (χ4v) is 4.04. The number of ether oxygens (including phenoxy) is 4. The molecule has 4 rings (SSSR count). The van der Waals surface area contributed by atoms with Crippen LogP contribution in [0.5, 0.6) is 11.5 Å². The molecule has 32 heavy (non-hydrogen) atoms. The lowest BCUT2D eigenvalue weighted by Gasteiger charge is -2.16. The Labute approximate surface area is 186 Å². The van der Waals surface area contributed by atoms with Crippen LogP contribution in [-0.2, 0) is 16.1 Å². The number of carbonyl (C=O) groups excluding carboxylic acids is 1. The molecule has 0 amide bonds. The van der Waals surface area contributed by atoms with Gasteiger partial charge in [0.2, 0.25) is 0 Å². The molecule has 166 valence electrons. The molecule has 2 aromatic carbocycles. The second-order valence-corrected chi connectivity index (χ2v) is 7.66. The molecule has 1 N–H and O–H groups in total. The van der Waals surface area contributed by atoms with Crippen molar-refractivity contribution in [3.8, 4) is 22.6 Å².